The molecule has 1 aromatic heterocycles. The van der Waals surface area contributed by atoms with Crippen molar-refractivity contribution in [2.24, 2.45) is 11.1 Å². The first-order valence-electron chi connectivity index (χ1n) is 6.47. The molecule has 0 saturated carbocycles. The second kappa shape index (κ2) is 5.36. The Hall–Kier alpha value is -1.95. The highest BCUT2D eigenvalue weighted by molar-refractivity contribution is 5.96. The van der Waals surface area contributed by atoms with Gasteiger partial charge in [-0.3, -0.25) is 4.79 Å². The van der Waals surface area contributed by atoms with E-state index in [1.54, 1.807) is 6.07 Å². The SMILES string of the molecule is CCC(CC)(CN)C(=O)Nc1ccc2n[nH]nc2c1. The van der Waals surface area contributed by atoms with Gasteiger partial charge in [0, 0.05) is 12.2 Å². The van der Waals surface area contributed by atoms with Gasteiger partial charge in [-0.1, -0.05) is 13.8 Å². The fraction of sp³-hybridized carbons (Fsp3) is 0.462. The summed E-state index contributed by atoms with van der Waals surface area (Å²) < 4.78 is 0. The van der Waals surface area contributed by atoms with Gasteiger partial charge in [-0.05, 0) is 31.0 Å². The molecule has 6 heteroatoms. The third-order valence-electron chi connectivity index (χ3n) is 3.80. The number of anilines is 1. The van der Waals surface area contributed by atoms with Crippen LogP contribution in [0.2, 0.25) is 0 Å². The zero-order chi connectivity index (χ0) is 13.9. The average molecular weight is 261 g/mol. The van der Waals surface area contributed by atoms with Gasteiger partial charge < -0.3 is 11.1 Å². The summed E-state index contributed by atoms with van der Waals surface area (Å²) in [5.74, 6) is -0.0390. The molecule has 0 unspecified atom stereocenters. The number of carbonyl (C=O) groups excluding carboxylic acids is 1. The van der Waals surface area contributed by atoms with Gasteiger partial charge in [0.2, 0.25) is 5.91 Å². The number of H-pyrrole nitrogens is 1. The summed E-state index contributed by atoms with van der Waals surface area (Å²) in [5, 5.41) is 13.4. The fourth-order valence-electron chi connectivity index (χ4n) is 2.13. The second-order valence-corrected chi connectivity index (χ2v) is 4.67. The molecule has 1 aromatic carbocycles. The zero-order valence-corrected chi connectivity index (χ0v) is 11.2. The number of amides is 1. The largest absolute Gasteiger partial charge is 0.329 e. The molecule has 0 atom stereocenters. The van der Waals surface area contributed by atoms with E-state index in [-0.39, 0.29) is 5.91 Å². The van der Waals surface area contributed by atoms with Crippen LogP contribution in [0.15, 0.2) is 18.2 Å². The average Bonchev–Trinajstić information content (AvgIpc) is 2.89. The number of rotatable bonds is 5. The first-order valence-corrected chi connectivity index (χ1v) is 6.47. The minimum absolute atomic E-state index is 0.0390. The molecule has 102 valence electrons. The van der Waals surface area contributed by atoms with Crippen LogP contribution in [0.4, 0.5) is 5.69 Å². The van der Waals surface area contributed by atoms with Crippen LogP contribution in [0.3, 0.4) is 0 Å². The van der Waals surface area contributed by atoms with Crippen LogP contribution >= 0.6 is 0 Å². The first-order chi connectivity index (χ1) is 9.15. The topological polar surface area (TPSA) is 96.7 Å². The van der Waals surface area contributed by atoms with Crippen molar-refractivity contribution in [3.05, 3.63) is 18.2 Å². The van der Waals surface area contributed by atoms with Crippen LogP contribution < -0.4 is 11.1 Å². The zero-order valence-electron chi connectivity index (χ0n) is 11.2. The lowest BCUT2D eigenvalue weighted by Gasteiger charge is -2.28. The predicted molar refractivity (Wildman–Crippen MR) is 74.6 cm³/mol. The number of nitrogens with two attached hydrogens (primary N) is 1. The third kappa shape index (κ3) is 2.44. The van der Waals surface area contributed by atoms with E-state index in [2.05, 4.69) is 20.7 Å². The number of fused-ring (bicyclic) bond motifs is 1. The molecular weight excluding hydrogens is 242 g/mol. The summed E-state index contributed by atoms with van der Waals surface area (Å²) in [5.41, 5.74) is 7.48. The third-order valence-corrected chi connectivity index (χ3v) is 3.80. The van der Waals surface area contributed by atoms with Crippen LogP contribution in [0.25, 0.3) is 11.0 Å². The fourth-order valence-corrected chi connectivity index (χ4v) is 2.13. The lowest BCUT2D eigenvalue weighted by Crippen LogP contribution is -2.41. The Balaban J connectivity index is 2.21. The molecule has 0 aliphatic heterocycles. The van der Waals surface area contributed by atoms with Crippen LogP contribution in [0.5, 0.6) is 0 Å². The predicted octanol–water partition coefficient (Wildman–Crippen LogP) is 1.66. The summed E-state index contributed by atoms with van der Waals surface area (Å²) in [6, 6.07) is 5.43. The quantitative estimate of drug-likeness (QED) is 0.762. The number of benzene rings is 1. The molecule has 1 amide bonds. The molecule has 0 spiro atoms. The Morgan fingerprint density at radius 3 is 2.63 bits per heavy atom. The molecule has 1 heterocycles. The minimum atomic E-state index is -0.501. The Kier molecular flexibility index (Phi) is 3.80. The summed E-state index contributed by atoms with van der Waals surface area (Å²) in [6.07, 6.45) is 1.44. The molecule has 2 rings (SSSR count). The summed E-state index contributed by atoms with van der Waals surface area (Å²) in [6.45, 7) is 4.31. The molecule has 0 radical (unpaired) electrons. The van der Waals surface area contributed by atoms with E-state index in [1.807, 2.05) is 26.0 Å². The lowest BCUT2D eigenvalue weighted by atomic mass is 9.81. The van der Waals surface area contributed by atoms with Gasteiger partial charge >= 0.3 is 0 Å². The van der Waals surface area contributed by atoms with E-state index in [1.165, 1.54) is 0 Å². The van der Waals surface area contributed by atoms with Crippen molar-refractivity contribution >= 4 is 22.6 Å². The monoisotopic (exact) mass is 261 g/mol. The van der Waals surface area contributed by atoms with Crippen molar-refractivity contribution in [3.8, 4) is 0 Å². The van der Waals surface area contributed by atoms with Crippen LogP contribution in [-0.2, 0) is 4.79 Å². The highest BCUT2D eigenvalue weighted by Gasteiger charge is 2.33. The van der Waals surface area contributed by atoms with E-state index >= 15 is 0 Å². The lowest BCUT2D eigenvalue weighted by molar-refractivity contribution is -0.125. The smallest absolute Gasteiger partial charge is 0.231 e. The number of hydrogen-bond acceptors (Lipinski definition) is 4. The van der Waals surface area contributed by atoms with E-state index in [0.717, 1.165) is 23.9 Å². The number of nitrogens with zero attached hydrogens (tertiary/aromatic N) is 2. The molecule has 0 bridgehead atoms. The van der Waals surface area contributed by atoms with Crippen molar-refractivity contribution < 1.29 is 4.79 Å². The highest BCUT2D eigenvalue weighted by Crippen LogP contribution is 2.27. The van der Waals surface area contributed by atoms with Crippen molar-refractivity contribution in [1.29, 1.82) is 0 Å². The summed E-state index contributed by atoms with van der Waals surface area (Å²) >= 11 is 0. The Morgan fingerprint density at radius 2 is 2.00 bits per heavy atom. The van der Waals surface area contributed by atoms with E-state index in [9.17, 15) is 4.79 Å². The van der Waals surface area contributed by atoms with Crippen LogP contribution in [-0.4, -0.2) is 27.9 Å². The van der Waals surface area contributed by atoms with Gasteiger partial charge in [0.25, 0.3) is 0 Å². The molecule has 0 aliphatic rings. The maximum absolute atomic E-state index is 12.4. The van der Waals surface area contributed by atoms with Crippen LogP contribution in [0.1, 0.15) is 26.7 Å². The van der Waals surface area contributed by atoms with Crippen LogP contribution in [0, 0.1) is 5.41 Å². The van der Waals surface area contributed by atoms with Gasteiger partial charge in [-0.2, -0.15) is 15.4 Å². The molecule has 19 heavy (non-hydrogen) atoms. The maximum Gasteiger partial charge on any atom is 0.231 e. The van der Waals surface area contributed by atoms with Gasteiger partial charge in [-0.25, -0.2) is 0 Å². The van der Waals surface area contributed by atoms with Crippen molar-refractivity contribution in [1.82, 2.24) is 15.4 Å². The second-order valence-electron chi connectivity index (χ2n) is 4.67. The van der Waals surface area contributed by atoms with E-state index in [0.29, 0.717) is 12.2 Å². The number of aromatic nitrogens is 3. The minimum Gasteiger partial charge on any atom is -0.329 e. The highest BCUT2D eigenvalue weighted by atomic mass is 16.2. The Morgan fingerprint density at radius 1 is 1.32 bits per heavy atom. The first kappa shape index (κ1) is 13.5. The molecule has 6 nitrogen and oxygen atoms in total. The Labute approximate surface area is 111 Å². The van der Waals surface area contributed by atoms with E-state index in [4.69, 9.17) is 5.73 Å². The van der Waals surface area contributed by atoms with Gasteiger partial charge in [0.05, 0.1) is 5.41 Å². The maximum atomic E-state index is 12.4. The number of hydrogen-bond donors (Lipinski definition) is 3. The van der Waals surface area contributed by atoms with Crippen molar-refractivity contribution in [2.45, 2.75) is 26.7 Å². The van der Waals surface area contributed by atoms with Crippen molar-refractivity contribution in [2.75, 3.05) is 11.9 Å². The molecular formula is C13H19N5O. The molecule has 2 aromatic rings. The molecule has 0 saturated heterocycles. The number of aromatic amines is 1. The number of carbonyl (C=O) groups is 1. The normalized spacial score (nSPS) is 11.7. The molecule has 0 aliphatic carbocycles. The summed E-state index contributed by atoms with van der Waals surface area (Å²) in [7, 11) is 0. The van der Waals surface area contributed by atoms with Gasteiger partial charge in [-0.15, -0.1) is 0 Å². The number of nitrogens with one attached hydrogen (secondary N) is 2. The van der Waals surface area contributed by atoms with Gasteiger partial charge in [0.15, 0.2) is 0 Å². The van der Waals surface area contributed by atoms with Gasteiger partial charge in [0.1, 0.15) is 11.0 Å². The standard InChI is InChI=1S/C13H19N5O/c1-3-13(4-2,8-14)12(19)15-9-5-6-10-11(7-9)17-18-16-10/h5-7H,3-4,8,14H2,1-2H3,(H,15,19)(H,16,17,18). The van der Waals surface area contributed by atoms with E-state index < -0.39 is 5.41 Å². The molecule has 4 N–H and O–H groups in total. The van der Waals surface area contributed by atoms with Crippen molar-refractivity contribution in [3.63, 3.8) is 0 Å². The summed E-state index contributed by atoms with van der Waals surface area (Å²) in [4.78, 5) is 12.4. The molecule has 0 fully saturated rings. The Bertz CT molecular complexity index is 565.